The predicted molar refractivity (Wildman–Crippen MR) is 109 cm³/mol. The Bertz CT molecular complexity index is 669. The Balaban J connectivity index is 2.48. The second-order valence-electron chi connectivity index (χ2n) is 6.63. The van der Waals surface area contributed by atoms with Gasteiger partial charge in [0, 0.05) is 23.6 Å². The minimum atomic E-state index is -3.08. The zero-order valence-electron chi connectivity index (χ0n) is 15.5. The summed E-state index contributed by atoms with van der Waals surface area (Å²) in [6.07, 6.45) is 4.09. The normalized spacial score (nSPS) is 12.7. The third-order valence-corrected chi connectivity index (χ3v) is 8.31. The van der Waals surface area contributed by atoms with E-state index in [1.165, 1.54) is 0 Å². The van der Waals surface area contributed by atoms with E-state index in [2.05, 4.69) is 6.92 Å². The fourth-order valence-electron chi connectivity index (χ4n) is 3.33. The minimum absolute atomic E-state index is 0.0583. The lowest BCUT2D eigenvalue weighted by molar-refractivity contribution is -0.119. The summed E-state index contributed by atoms with van der Waals surface area (Å²) < 4.78 is 14.4. The maximum absolute atomic E-state index is 14.4. The summed E-state index contributed by atoms with van der Waals surface area (Å²) in [5.74, 6) is 0.0583. The number of aliphatic hydroxyl groups excluding tert-OH is 1. The second kappa shape index (κ2) is 10.4. The number of ketones is 1. The van der Waals surface area contributed by atoms with Crippen LogP contribution in [0.1, 0.15) is 45.4 Å². The van der Waals surface area contributed by atoms with Gasteiger partial charge in [-0.15, -0.1) is 0 Å². The number of aliphatic hydroxyl groups is 1. The standard InChI is InChI=1S/C22H29O3P/c1-2-3-17-22(21(24)16-10-11-18-23)26(25,19-12-6-4-7-13-19)20-14-8-5-9-15-20/h4-9,12-15,22-23H,2-3,10-11,16-18H2,1H3. The smallest absolute Gasteiger partial charge is 0.153 e. The van der Waals surface area contributed by atoms with Gasteiger partial charge < -0.3 is 9.67 Å². The summed E-state index contributed by atoms with van der Waals surface area (Å²) >= 11 is 0. The molecule has 140 valence electrons. The summed E-state index contributed by atoms with van der Waals surface area (Å²) in [4.78, 5) is 13.1. The lowest BCUT2D eigenvalue weighted by Gasteiger charge is -2.28. The molecule has 4 heteroatoms. The van der Waals surface area contributed by atoms with Crippen molar-refractivity contribution in [2.45, 2.75) is 51.1 Å². The van der Waals surface area contributed by atoms with Crippen molar-refractivity contribution in [3.63, 3.8) is 0 Å². The van der Waals surface area contributed by atoms with Gasteiger partial charge in [0.25, 0.3) is 0 Å². The molecule has 0 saturated carbocycles. The van der Waals surface area contributed by atoms with Gasteiger partial charge in [-0.25, -0.2) is 0 Å². The van der Waals surface area contributed by atoms with Crippen molar-refractivity contribution in [3.05, 3.63) is 60.7 Å². The number of unbranched alkanes of at least 4 members (excludes halogenated alkanes) is 2. The van der Waals surface area contributed by atoms with Crippen molar-refractivity contribution in [1.29, 1.82) is 0 Å². The van der Waals surface area contributed by atoms with Crippen LogP contribution in [0, 0.1) is 0 Å². The van der Waals surface area contributed by atoms with Crippen LogP contribution < -0.4 is 10.6 Å². The first kappa shape index (κ1) is 20.6. The van der Waals surface area contributed by atoms with Gasteiger partial charge >= 0.3 is 0 Å². The van der Waals surface area contributed by atoms with E-state index in [0.29, 0.717) is 25.7 Å². The Kier molecular flexibility index (Phi) is 8.28. The highest BCUT2D eigenvalue weighted by Crippen LogP contribution is 2.51. The van der Waals surface area contributed by atoms with Crippen molar-refractivity contribution in [3.8, 4) is 0 Å². The molecule has 0 aliphatic heterocycles. The fraction of sp³-hybridized carbons (Fsp3) is 0.409. The van der Waals surface area contributed by atoms with E-state index < -0.39 is 12.8 Å². The number of carbonyl (C=O) groups is 1. The van der Waals surface area contributed by atoms with E-state index in [1.54, 1.807) is 0 Å². The van der Waals surface area contributed by atoms with Crippen molar-refractivity contribution < 1.29 is 14.5 Å². The Hall–Kier alpha value is -1.70. The third kappa shape index (κ3) is 4.93. The van der Waals surface area contributed by atoms with Crippen LogP contribution in [0.5, 0.6) is 0 Å². The summed E-state index contributed by atoms with van der Waals surface area (Å²) in [7, 11) is -3.08. The number of benzene rings is 2. The molecular formula is C22H29O3P. The highest BCUT2D eigenvalue weighted by Gasteiger charge is 2.40. The lowest BCUT2D eigenvalue weighted by Crippen LogP contribution is -2.32. The van der Waals surface area contributed by atoms with Crippen molar-refractivity contribution in [2.24, 2.45) is 0 Å². The second-order valence-corrected chi connectivity index (χ2v) is 9.61. The average Bonchev–Trinajstić information content (AvgIpc) is 2.69. The molecule has 2 aromatic rings. The van der Waals surface area contributed by atoms with E-state index in [9.17, 15) is 9.36 Å². The molecule has 0 spiro atoms. The SMILES string of the molecule is CCCCC(C(=O)CCCCO)P(=O)(c1ccccc1)c1ccccc1. The van der Waals surface area contributed by atoms with E-state index in [0.717, 1.165) is 23.5 Å². The molecule has 1 N–H and O–H groups in total. The van der Waals surface area contributed by atoms with E-state index >= 15 is 0 Å². The summed E-state index contributed by atoms with van der Waals surface area (Å²) in [5.41, 5.74) is -0.494. The van der Waals surface area contributed by atoms with Gasteiger partial charge in [-0.2, -0.15) is 0 Å². The highest BCUT2D eigenvalue weighted by atomic mass is 31.2. The highest BCUT2D eigenvalue weighted by molar-refractivity contribution is 7.80. The van der Waals surface area contributed by atoms with Crippen LogP contribution in [-0.4, -0.2) is 23.2 Å². The van der Waals surface area contributed by atoms with Gasteiger partial charge in [-0.3, -0.25) is 4.79 Å². The number of Topliss-reactive ketones (excluding diaryl/α,β-unsaturated/α-hetero) is 1. The lowest BCUT2D eigenvalue weighted by atomic mass is 10.1. The molecule has 3 nitrogen and oxygen atoms in total. The quantitative estimate of drug-likeness (QED) is 0.473. The van der Waals surface area contributed by atoms with Crippen LogP contribution in [0.4, 0.5) is 0 Å². The zero-order valence-corrected chi connectivity index (χ0v) is 16.4. The van der Waals surface area contributed by atoms with Gasteiger partial charge in [-0.1, -0.05) is 80.4 Å². The number of hydrogen-bond donors (Lipinski definition) is 1. The van der Waals surface area contributed by atoms with Crippen LogP contribution in [0.15, 0.2) is 60.7 Å². The molecule has 0 bridgehead atoms. The van der Waals surface area contributed by atoms with Crippen LogP contribution in [0.2, 0.25) is 0 Å². The summed E-state index contributed by atoms with van der Waals surface area (Å²) in [6.45, 7) is 2.17. The zero-order chi connectivity index (χ0) is 18.8. The maximum atomic E-state index is 14.4. The Morgan fingerprint density at radius 3 is 1.92 bits per heavy atom. The molecule has 2 rings (SSSR count). The molecule has 0 fully saturated rings. The number of carbonyl (C=O) groups excluding carboxylic acids is 1. The van der Waals surface area contributed by atoms with E-state index in [-0.39, 0.29) is 12.4 Å². The van der Waals surface area contributed by atoms with Crippen LogP contribution in [0.3, 0.4) is 0 Å². The molecule has 0 heterocycles. The topological polar surface area (TPSA) is 54.4 Å². The first-order valence-corrected chi connectivity index (χ1v) is 11.3. The Morgan fingerprint density at radius 2 is 1.46 bits per heavy atom. The molecule has 0 aliphatic carbocycles. The number of rotatable bonds is 11. The van der Waals surface area contributed by atoms with Gasteiger partial charge in [0.15, 0.2) is 7.14 Å². The van der Waals surface area contributed by atoms with Crippen LogP contribution in [-0.2, 0) is 9.36 Å². The molecule has 0 aliphatic rings. The van der Waals surface area contributed by atoms with E-state index in [4.69, 9.17) is 5.11 Å². The molecule has 0 amide bonds. The van der Waals surface area contributed by atoms with Gasteiger partial charge in [0.05, 0.1) is 5.66 Å². The summed E-state index contributed by atoms with van der Waals surface area (Å²) in [6, 6.07) is 18.9. The average molecular weight is 372 g/mol. The monoisotopic (exact) mass is 372 g/mol. The molecule has 0 radical (unpaired) electrons. The maximum Gasteiger partial charge on any atom is 0.153 e. The first-order chi connectivity index (χ1) is 12.6. The van der Waals surface area contributed by atoms with Crippen LogP contribution >= 0.6 is 7.14 Å². The van der Waals surface area contributed by atoms with Gasteiger partial charge in [-0.05, 0) is 19.3 Å². The molecule has 1 unspecified atom stereocenters. The Labute approximate surface area is 156 Å². The molecule has 0 saturated heterocycles. The third-order valence-electron chi connectivity index (χ3n) is 4.75. The van der Waals surface area contributed by atoms with Crippen molar-refractivity contribution in [2.75, 3.05) is 6.61 Å². The molecule has 26 heavy (non-hydrogen) atoms. The Morgan fingerprint density at radius 1 is 0.923 bits per heavy atom. The van der Waals surface area contributed by atoms with Crippen LogP contribution in [0.25, 0.3) is 0 Å². The summed E-state index contributed by atoms with van der Waals surface area (Å²) in [5, 5.41) is 10.5. The first-order valence-electron chi connectivity index (χ1n) is 9.49. The van der Waals surface area contributed by atoms with Crippen molar-refractivity contribution in [1.82, 2.24) is 0 Å². The van der Waals surface area contributed by atoms with Gasteiger partial charge in [0.2, 0.25) is 0 Å². The molecule has 1 atom stereocenters. The minimum Gasteiger partial charge on any atom is -0.396 e. The molecule has 2 aromatic carbocycles. The fourth-order valence-corrected chi connectivity index (χ4v) is 6.66. The largest absolute Gasteiger partial charge is 0.396 e. The van der Waals surface area contributed by atoms with Crippen molar-refractivity contribution >= 4 is 23.5 Å². The molecule has 0 aromatic heterocycles. The number of hydrogen-bond acceptors (Lipinski definition) is 3. The van der Waals surface area contributed by atoms with E-state index in [1.807, 2.05) is 60.7 Å². The van der Waals surface area contributed by atoms with Gasteiger partial charge in [0.1, 0.15) is 5.78 Å². The molecular weight excluding hydrogens is 343 g/mol. The predicted octanol–water partition coefficient (Wildman–Crippen LogP) is 4.29.